The fourth-order valence-corrected chi connectivity index (χ4v) is 1.72. The molecule has 0 spiro atoms. The Morgan fingerprint density at radius 2 is 2.27 bits per heavy atom. The van der Waals surface area contributed by atoms with Gasteiger partial charge in [0, 0.05) is 4.43 Å². The number of hydrogen-bond donors (Lipinski definition) is 0. The van der Waals surface area contributed by atoms with Gasteiger partial charge in [0.2, 0.25) is 0 Å². The topological polar surface area (TPSA) is 0 Å². The average Bonchev–Trinajstić information content (AvgIpc) is 2.04. The monoisotopic (exact) mass is 256 g/mol. The summed E-state index contributed by atoms with van der Waals surface area (Å²) in [7, 11) is 2.10. The Kier molecular flexibility index (Phi) is 3.18. The molecular formula is C9H10BI. The molecule has 0 N–H and O–H groups in total. The lowest BCUT2D eigenvalue weighted by molar-refractivity contribution is 1.44. The second-order valence-electron chi connectivity index (χ2n) is 2.54. The van der Waals surface area contributed by atoms with Gasteiger partial charge in [-0.1, -0.05) is 58.9 Å². The molecule has 0 saturated heterocycles. The molecule has 0 aromatic heterocycles. The summed E-state index contributed by atoms with van der Waals surface area (Å²) in [6.45, 7) is 3.78. The Morgan fingerprint density at radius 3 is 2.82 bits per heavy atom. The highest BCUT2D eigenvalue weighted by Gasteiger charge is 1.95. The Labute approximate surface area is 82.3 Å². The summed E-state index contributed by atoms with van der Waals surface area (Å²) in [5, 5.41) is 0. The van der Waals surface area contributed by atoms with Crippen LogP contribution >= 0.6 is 22.6 Å². The Balaban J connectivity index is 3.16. The summed E-state index contributed by atoms with van der Waals surface area (Å²) in [5.41, 5.74) is 3.93. The quantitative estimate of drug-likeness (QED) is 0.427. The van der Waals surface area contributed by atoms with E-state index in [0.29, 0.717) is 0 Å². The lowest BCUT2D eigenvalue weighted by atomic mass is 9.92. The molecule has 56 valence electrons. The fourth-order valence-electron chi connectivity index (χ4n) is 1.03. The largest absolute Gasteiger partial charge is 0.139 e. The molecule has 0 aliphatic carbocycles. The number of hydrogen-bond acceptors (Lipinski definition) is 0. The summed E-state index contributed by atoms with van der Waals surface area (Å²) in [5.74, 6) is 0. The van der Waals surface area contributed by atoms with Gasteiger partial charge >= 0.3 is 0 Å². The molecule has 0 amide bonds. The van der Waals surface area contributed by atoms with Crippen molar-refractivity contribution in [1.82, 2.24) is 0 Å². The maximum absolute atomic E-state index is 3.78. The van der Waals surface area contributed by atoms with Gasteiger partial charge in [0.1, 0.15) is 7.85 Å². The Morgan fingerprint density at radius 1 is 1.55 bits per heavy atom. The molecule has 1 aromatic rings. The summed E-state index contributed by atoms with van der Waals surface area (Å²) < 4.78 is 1.05. The zero-order valence-electron chi connectivity index (χ0n) is 6.60. The van der Waals surface area contributed by atoms with E-state index in [-0.39, 0.29) is 0 Å². The van der Waals surface area contributed by atoms with E-state index in [1.54, 1.807) is 0 Å². The molecule has 1 rings (SSSR count). The van der Waals surface area contributed by atoms with Crippen LogP contribution in [0.15, 0.2) is 24.8 Å². The van der Waals surface area contributed by atoms with E-state index in [4.69, 9.17) is 0 Å². The van der Waals surface area contributed by atoms with Crippen molar-refractivity contribution in [2.24, 2.45) is 0 Å². The van der Waals surface area contributed by atoms with Gasteiger partial charge in [-0.25, -0.2) is 0 Å². The second kappa shape index (κ2) is 3.95. The molecule has 0 bridgehead atoms. The minimum atomic E-state index is 1.05. The lowest BCUT2D eigenvalue weighted by Crippen LogP contribution is -2.02. The predicted octanol–water partition coefficient (Wildman–Crippen LogP) is 1.52. The first-order valence-corrected chi connectivity index (χ1v) is 5.08. The molecule has 0 radical (unpaired) electrons. The Hall–Kier alpha value is -0.245. The zero-order chi connectivity index (χ0) is 8.27. The van der Waals surface area contributed by atoms with Crippen molar-refractivity contribution in [3.8, 4) is 0 Å². The van der Waals surface area contributed by atoms with Crippen molar-refractivity contribution in [1.29, 1.82) is 0 Å². The third kappa shape index (κ3) is 2.09. The van der Waals surface area contributed by atoms with Crippen LogP contribution in [0.4, 0.5) is 0 Å². The molecule has 0 aliphatic heterocycles. The van der Waals surface area contributed by atoms with Crippen LogP contribution in [0.25, 0.3) is 6.08 Å². The molecule has 0 saturated carbocycles. The van der Waals surface area contributed by atoms with Gasteiger partial charge in [0.25, 0.3) is 0 Å². The lowest BCUT2D eigenvalue weighted by Gasteiger charge is -2.02. The van der Waals surface area contributed by atoms with Crippen LogP contribution in [0.2, 0.25) is 0 Å². The van der Waals surface area contributed by atoms with Gasteiger partial charge in [-0.15, -0.1) is 0 Å². The molecule has 0 fully saturated rings. The van der Waals surface area contributed by atoms with Crippen molar-refractivity contribution in [2.45, 2.75) is 4.43 Å². The van der Waals surface area contributed by atoms with E-state index in [1.807, 2.05) is 6.08 Å². The van der Waals surface area contributed by atoms with E-state index in [1.165, 1.54) is 16.6 Å². The average molecular weight is 256 g/mol. The van der Waals surface area contributed by atoms with Gasteiger partial charge in [0.05, 0.1) is 0 Å². The summed E-state index contributed by atoms with van der Waals surface area (Å²) in [4.78, 5) is 0. The SMILES string of the molecule is Bc1ccc(CI)c(C=C)c1. The van der Waals surface area contributed by atoms with Crippen LogP contribution in [0.3, 0.4) is 0 Å². The maximum atomic E-state index is 3.78. The van der Waals surface area contributed by atoms with Crippen LogP contribution < -0.4 is 5.46 Å². The minimum absolute atomic E-state index is 1.05. The summed E-state index contributed by atoms with van der Waals surface area (Å²) >= 11 is 2.37. The Bertz CT molecular complexity index is 268. The van der Waals surface area contributed by atoms with Crippen LogP contribution in [0.1, 0.15) is 11.1 Å². The van der Waals surface area contributed by atoms with Crippen LogP contribution in [-0.2, 0) is 4.43 Å². The van der Waals surface area contributed by atoms with Crippen molar-refractivity contribution in [2.75, 3.05) is 0 Å². The second-order valence-corrected chi connectivity index (χ2v) is 3.30. The van der Waals surface area contributed by atoms with E-state index in [9.17, 15) is 0 Å². The first-order valence-electron chi connectivity index (χ1n) is 3.56. The van der Waals surface area contributed by atoms with Crippen molar-refractivity contribution < 1.29 is 0 Å². The van der Waals surface area contributed by atoms with Gasteiger partial charge in [-0.05, 0) is 11.1 Å². The highest BCUT2D eigenvalue weighted by atomic mass is 127. The smallest absolute Gasteiger partial charge is 0.0985 e. The summed E-state index contributed by atoms with van der Waals surface area (Å²) in [6.07, 6.45) is 1.92. The normalized spacial score (nSPS) is 9.55. The first-order chi connectivity index (χ1) is 5.27. The molecule has 0 aliphatic rings. The number of benzene rings is 1. The molecule has 0 nitrogen and oxygen atoms in total. The van der Waals surface area contributed by atoms with Gasteiger partial charge < -0.3 is 0 Å². The van der Waals surface area contributed by atoms with Gasteiger partial charge in [0.15, 0.2) is 0 Å². The number of alkyl halides is 1. The van der Waals surface area contributed by atoms with Crippen LogP contribution in [0, 0.1) is 0 Å². The third-order valence-corrected chi connectivity index (χ3v) is 2.49. The maximum Gasteiger partial charge on any atom is 0.139 e. The highest BCUT2D eigenvalue weighted by Crippen LogP contribution is 2.11. The number of halogens is 1. The van der Waals surface area contributed by atoms with Crippen molar-refractivity contribution >= 4 is 42.0 Å². The molecular weight excluding hydrogens is 246 g/mol. The third-order valence-electron chi connectivity index (χ3n) is 1.67. The number of rotatable bonds is 2. The molecule has 0 atom stereocenters. The zero-order valence-corrected chi connectivity index (χ0v) is 8.76. The minimum Gasteiger partial charge on any atom is -0.0985 e. The van der Waals surface area contributed by atoms with E-state index in [0.717, 1.165) is 4.43 Å². The molecule has 0 heterocycles. The molecule has 1 aromatic carbocycles. The molecule has 2 heteroatoms. The highest BCUT2D eigenvalue weighted by molar-refractivity contribution is 14.1. The van der Waals surface area contributed by atoms with E-state index >= 15 is 0 Å². The molecule has 11 heavy (non-hydrogen) atoms. The summed E-state index contributed by atoms with van der Waals surface area (Å²) in [6, 6.07) is 6.47. The van der Waals surface area contributed by atoms with Gasteiger partial charge in [-0.2, -0.15) is 0 Å². The van der Waals surface area contributed by atoms with Gasteiger partial charge in [-0.3, -0.25) is 0 Å². The fraction of sp³-hybridized carbons (Fsp3) is 0.111. The predicted molar refractivity (Wildman–Crippen MR) is 62.4 cm³/mol. The van der Waals surface area contributed by atoms with Crippen LogP contribution in [0.5, 0.6) is 0 Å². The van der Waals surface area contributed by atoms with Crippen LogP contribution in [-0.4, -0.2) is 7.85 Å². The van der Waals surface area contributed by atoms with Crippen molar-refractivity contribution in [3.05, 3.63) is 35.9 Å². The molecule has 0 unspecified atom stereocenters. The van der Waals surface area contributed by atoms with E-state index in [2.05, 4.69) is 55.2 Å². The first kappa shape index (κ1) is 8.85. The standard InChI is InChI=1S/C9H10BI/c1-2-7-5-9(10)4-3-8(7)6-11/h2-5H,1,6,10H2. The van der Waals surface area contributed by atoms with Crippen molar-refractivity contribution in [3.63, 3.8) is 0 Å². The van der Waals surface area contributed by atoms with E-state index < -0.39 is 0 Å².